The molecule has 6 aromatic heterocycles. The average Bonchev–Trinajstić information content (AvgIpc) is 3.93. The van der Waals surface area contributed by atoms with Gasteiger partial charge in [-0.15, -0.1) is 68.0 Å². The fraction of sp³-hybridized carbons (Fsp3) is 0.150. The van der Waals surface area contributed by atoms with Gasteiger partial charge in [-0.3, -0.25) is 0 Å². The van der Waals surface area contributed by atoms with E-state index in [0.717, 1.165) is 29.8 Å². The molecule has 0 saturated carbocycles. The van der Waals surface area contributed by atoms with Crippen molar-refractivity contribution in [2.75, 3.05) is 0 Å². The van der Waals surface area contributed by atoms with Gasteiger partial charge in [0.2, 0.25) is 0 Å². The van der Waals surface area contributed by atoms with Crippen molar-refractivity contribution in [2.24, 2.45) is 0 Å². The van der Waals surface area contributed by atoms with Crippen LogP contribution < -0.4 is 0 Å². The number of rotatable bonds is 6. The molecule has 0 fully saturated rings. The third kappa shape index (κ3) is 5.32. The summed E-state index contributed by atoms with van der Waals surface area (Å²) in [6.07, 6.45) is 7.86. The molecule has 0 spiro atoms. The van der Waals surface area contributed by atoms with Crippen LogP contribution in [0.25, 0.3) is 82.0 Å². The molecule has 9 rings (SSSR count). The molecule has 0 bridgehead atoms. The molecule has 6 heterocycles. The van der Waals surface area contributed by atoms with Crippen molar-refractivity contribution < 1.29 is 0 Å². The van der Waals surface area contributed by atoms with Crippen LogP contribution in [0.4, 0.5) is 0 Å². The molecule has 3 aromatic carbocycles. The maximum absolute atomic E-state index is 4.97. The van der Waals surface area contributed by atoms with Crippen LogP contribution in [0.5, 0.6) is 0 Å². The van der Waals surface area contributed by atoms with E-state index < -0.39 is 0 Å². The van der Waals surface area contributed by atoms with Gasteiger partial charge in [-0.1, -0.05) is 36.4 Å². The number of thiophene rings is 2. The second kappa shape index (κ2) is 12.4. The Morgan fingerprint density at radius 1 is 0.380 bits per heavy atom. The zero-order chi connectivity index (χ0) is 34.3. The van der Waals surface area contributed by atoms with E-state index >= 15 is 0 Å². The lowest BCUT2D eigenvalue weighted by Crippen LogP contribution is -1.93. The van der Waals surface area contributed by atoms with E-state index in [2.05, 4.69) is 100 Å². The number of thiazole rings is 4. The van der Waals surface area contributed by atoms with Crippen molar-refractivity contribution in [3.8, 4) is 61.8 Å². The number of benzene rings is 3. The van der Waals surface area contributed by atoms with Crippen LogP contribution in [0, 0.1) is 41.5 Å². The van der Waals surface area contributed by atoms with Gasteiger partial charge in [0.1, 0.15) is 20.0 Å². The molecule has 4 nitrogen and oxygen atoms in total. The summed E-state index contributed by atoms with van der Waals surface area (Å²) in [7, 11) is 0. The minimum Gasteiger partial charge on any atom is -0.243 e. The Morgan fingerprint density at radius 3 is 1.10 bits per heavy atom. The largest absolute Gasteiger partial charge is 0.243 e. The predicted octanol–water partition coefficient (Wildman–Crippen LogP) is 13.8. The van der Waals surface area contributed by atoms with Crippen molar-refractivity contribution >= 4 is 88.2 Å². The van der Waals surface area contributed by atoms with E-state index in [0.29, 0.717) is 0 Å². The molecule has 50 heavy (non-hydrogen) atoms. The van der Waals surface area contributed by atoms with Gasteiger partial charge in [0.05, 0.1) is 19.5 Å². The smallest absolute Gasteiger partial charge is 0.135 e. The highest BCUT2D eigenvalue weighted by Crippen LogP contribution is 2.54. The number of fused-ring (bicyclic) bond motifs is 2. The molecule has 9 aromatic rings. The molecule has 0 amide bonds. The van der Waals surface area contributed by atoms with Gasteiger partial charge in [-0.05, 0) is 87.1 Å². The van der Waals surface area contributed by atoms with Gasteiger partial charge in [-0.2, -0.15) is 0 Å². The summed E-state index contributed by atoms with van der Waals surface area (Å²) in [6, 6.07) is 18.1. The molecule has 0 aliphatic rings. The van der Waals surface area contributed by atoms with Crippen molar-refractivity contribution in [3.05, 3.63) is 105 Å². The van der Waals surface area contributed by atoms with Crippen LogP contribution in [0.3, 0.4) is 0 Å². The van der Waals surface area contributed by atoms with Crippen LogP contribution in [-0.2, 0) is 0 Å². The second-order valence-corrected chi connectivity index (χ2v) is 19.2. The first kappa shape index (κ1) is 32.0. The van der Waals surface area contributed by atoms with E-state index in [1.165, 1.54) is 84.2 Å². The van der Waals surface area contributed by atoms with E-state index in [-0.39, 0.29) is 0 Å². The van der Waals surface area contributed by atoms with Crippen LogP contribution >= 0.6 is 68.0 Å². The van der Waals surface area contributed by atoms with E-state index in [9.17, 15) is 0 Å². The van der Waals surface area contributed by atoms with Gasteiger partial charge in [0.15, 0.2) is 0 Å². The van der Waals surface area contributed by atoms with Gasteiger partial charge in [0.25, 0.3) is 0 Å². The van der Waals surface area contributed by atoms with Crippen molar-refractivity contribution in [1.29, 1.82) is 0 Å². The van der Waals surface area contributed by atoms with E-state index in [1.807, 2.05) is 47.5 Å². The normalized spacial score (nSPS) is 11.8. The summed E-state index contributed by atoms with van der Waals surface area (Å²) in [5.41, 5.74) is 10.3. The number of hydrogen-bond acceptors (Lipinski definition) is 10. The molecular weight excluding hydrogens is 729 g/mol. The van der Waals surface area contributed by atoms with Gasteiger partial charge < -0.3 is 0 Å². The van der Waals surface area contributed by atoms with Crippen molar-refractivity contribution in [3.63, 3.8) is 0 Å². The van der Waals surface area contributed by atoms with Crippen LogP contribution in [0.15, 0.2) is 73.3 Å². The van der Waals surface area contributed by atoms with Crippen LogP contribution in [-0.4, -0.2) is 19.9 Å². The first-order valence-electron chi connectivity index (χ1n) is 16.2. The molecule has 10 heteroatoms. The molecule has 0 aliphatic heterocycles. The first-order valence-corrected chi connectivity index (χ1v) is 21.1. The third-order valence-corrected chi connectivity index (χ3v) is 15.8. The minimum absolute atomic E-state index is 1.03. The maximum Gasteiger partial charge on any atom is 0.135 e. The maximum atomic E-state index is 4.97. The fourth-order valence-corrected chi connectivity index (χ4v) is 12.8. The molecular formula is C40H30N4S6. The minimum atomic E-state index is 1.03. The van der Waals surface area contributed by atoms with Gasteiger partial charge >= 0.3 is 0 Å². The highest BCUT2D eigenvalue weighted by Gasteiger charge is 2.26. The zero-order valence-electron chi connectivity index (χ0n) is 28.2. The summed E-state index contributed by atoms with van der Waals surface area (Å²) >= 11 is 10.6. The molecule has 0 radical (unpaired) electrons. The molecule has 246 valence electrons. The lowest BCUT2D eigenvalue weighted by atomic mass is 9.87. The van der Waals surface area contributed by atoms with Gasteiger partial charge in [-0.25, -0.2) is 19.9 Å². The van der Waals surface area contributed by atoms with Gasteiger partial charge in [0, 0.05) is 65.8 Å². The zero-order valence-corrected chi connectivity index (χ0v) is 33.1. The summed E-state index contributed by atoms with van der Waals surface area (Å²) in [5, 5.41) is 6.68. The fourth-order valence-electron chi connectivity index (χ4n) is 6.81. The van der Waals surface area contributed by atoms with E-state index in [1.54, 1.807) is 45.3 Å². The average molecular weight is 759 g/mol. The Morgan fingerprint density at radius 2 is 0.740 bits per heavy atom. The molecule has 0 aliphatic carbocycles. The Kier molecular flexibility index (Phi) is 7.95. The molecule has 0 atom stereocenters. The summed E-state index contributed by atoms with van der Waals surface area (Å²) in [4.78, 5) is 26.3. The number of aromatic nitrogens is 4. The van der Waals surface area contributed by atoms with Crippen LogP contribution in [0.2, 0.25) is 0 Å². The monoisotopic (exact) mass is 758 g/mol. The van der Waals surface area contributed by atoms with Crippen LogP contribution in [0.1, 0.15) is 32.0 Å². The third-order valence-electron chi connectivity index (χ3n) is 9.02. The lowest BCUT2D eigenvalue weighted by molar-refractivity contribution is 1.38. The second-order valence-electron chi connectivity index (χ2n) is 12.6. The quantitative estimate of drug-likeness (QED) is 0.169. The summed E-state index contributed by atoms with van der Waals surface area (Å²) < 4.78 is 2.60. The molecule has 0 unspecified atom stereocenters. The molecule has 0 saturated heterocycles. The topological polar surface area (TPSA) is 51.6 Å². The number of hydrogen-bond donors (Lipinski definition) is 0. The Balaban J connectivity index is 1.36. The summed E-state index contributed by atoms with van der Waals surface area (Å²) in [6.45, 7) is 13.2. The highest BCUT2D eigenvalue weighted by atomic mass is 32.1. The predicted molar refractivity (Wildman–Crippen MR) is 221 cm³/mol. The standard InChI is InChI=1S/C40H30N4S6/c1-19-9-7-10-20(2)31(19)33-25-13-27(37-43-17-29(49-37)39-41-15-23(5)45-39)48-36(25)34(32-21(3)11-8-12-22(32)4)26-14-28(47-35(26)33)38-44-18-30(50-38)40-42-16-24(6)46-40/h7-18H,1-6H3. The van der Waals surface area contributed by atoms with Crippen molar-refractivity contribution in [1.82, 2.24) is 19.9 Å². The first-order chi connectivity index (χ1) is 24.2. The Bertz CT molecular complexity index is 2470. The molecule has 0 N–H and O–H groups in total. The summed E-state index contributed by atoms with van der Waals surface area (Å²) in [5.74, 6) is 0. The van der Waals surface area contributed by atoms with Crippen molar-refractivity contribution in [2.45, 2.75) is 41.5 Å². The Hall–Kier alpha value is -3.90. The Labute approximate surface area is 314 Å². The highest BCUT2D eigenvalue weighted by molar-refractivity contribution is 7.30. The SMILES string of the molecule is Cc1cnc(-c2cnc(-c3cc4c(-c5c(C)cccc5C)c5sc(-c6ncc(-c7ncc(C)s7)s6)cc5c(-c5c(C)cccc5C)c4s3)s2)s1. The van der Waals surface area contributed by atoms with E-state index in [4.69, 9.17) is 9.97 Å². The number of nitrogens with zero attached hydrogens (tertiary/aromatic N) is 4. The lowest BCUT2D eigenvalue weighted by Gasteiger charge is -2.18. The number of aryl methyl sites for hydroxylation is 6.